The summed E-state index contributed by atoms with van der Waals surface area (Å²) in [5, 5.41) is 3.95. The second kappa shape index (κ2) is 9.41. The van der Waals surface area contributed by atoms with Gasteiger partial charge in [-0.2, -0.15) is 13.2 Å². The van der Waals surface area contributed by atoms with E-state index in [2.05, 4.69) is 24.1 Å². The second-order valence-corrected chi connectivity index (χ2v) is 6.67. The minimum absolute atomic E-state index is 0.0536. The first-order chi connectivity index (χ1) is 12.3. The Kier molecular flexibility index (Phi) is 7.52. The number of hydrogen-bond acceptors (Lipinski definition) is 3. The minimum atomic E-state index is -4.32. The van der Waals surface area contributed by atoms with Crippen LogP contribution in [0.3, 0.4) is 0 Å². The molecule has 1 aliphatic rings. The standard InChI is InChI=1S/C18H26F3N3OS/c1-3-23(4-2)11-5-10-22-17(26)24-12-16(13-24)25-15-8-6-14(7-9-15)18(19,20)21/h6-9,16H,3-5,10-13H2,1-2H3,(H,22,26). The van der Waals surface area contributed by atoms with Crippen LogP contribution in [0.15, 0.2) is 24.3 Å². The molecule has 1 N–H and O–H groups in total. The van der Waals surface area contributed by atoms with Gasteiger partial charge in [0, 0.05) is 6.54 Å². The Balaban J connectivity index is 1.64. The van der Waals surface area contributed by atoms with Gasteiger partial charge in [-0.3, -0.25) is 0 Å². The van der Waals surface area contributed by atoms with Crippen molar-refractivity contribution < 1.29 is 17.9 Å². The number of halogens is 3. The fraction of sp³-hybridized carbons (Fsp3) is 0.611. The lowest BCUT2D eigenvalue weighted by atomic mass is 10.1. The maximum absolute atomic E-state index is 12.5. The Hall–Kier alpha value is -1.54. The molecule has 0 radical (unpaired) electrons. The number of benzene rings is 1. The van der Waals surface area contributed by atoms with E-state index in [9.17, 15) is 13.2 Å². The lowest BCUT2D eigenvalue weighted by Crippen LogP contribution is -2.58. The van der Waals surface area contributed by atoms with Crippen molar-refractivity contribution in [2.45, 2.75) is 32.5 Å². The molecule has 1 aliphatic heterocycles. The van der Waals surface area contributed by atoms with E-state index in [1.54, 1.807) is 0 Å². The molecule has 0 atom stereocenters. The molecule has 4 nitrogen and oxygen atoms in total. The predicted molar refractivity (Wildman–Crippen MR) is 100 cm³/mol. The van der Waals surface area contributed by atoms with Crippen LogP contribution in [0.25, 0.3) is 0 Å². The summed E-state index contributed by atoms with van der Waals surface area (Å²) in [5.41, 5.74) is -0.671. The van der Waals surface area contributed by atoms with Crippen molar-refractivity contribution in [1.82, 2.24) is 15.1 Å². The summed E-state index contributed by atoms with van der Waals surface area (Å²) in [7, 11) is 0. The van der Waals surface area contributed by atoms with E-state index < -0.39 is 11.7 Å². The molecule has 1 heterocycles. The highest BCUT2D eigenvalue weighted by molar-refractivity contribution is 7.80. The number of ether oxygens (including phenoxy) is 1. The molecule has 0 unspecified atom stereocenters. The lowest BCUT2D eigenvalue weighted by molar-refractivity contribution is -0.137. The number of thiocarbonyl (C=S) groups is 1. The third kappa shape index (κ3) is 6.02. The highest BCUT2D eigenvalue weighted by Crippen LogP contribution is 2.30. The van der Waals surface area contributed by atoms with Gasteiger partial charge in [-0.15, -0.1) is 0 Å². The number of alkyl halides is 3. The Bertz CT molecular complexity index is 570. The minimum Gasteiger partial charge on any atom is -0.487 e. The SMILES string of the molecule is CCN(CC)CCCNC(=S)N1CC(Oc2ccc(C(F)(F)F)cc2)C1. The topological polar surface area (TPSA) is 27.7 Å². The quantitative estimate of drug-likeness (QED) is 0.544. The molecule has 1 fully saturated rings. The molecular formula is C18H26F3N3OS. The third-order valence-corrected chi connectivity index (χ3v) is 4.84. The van der Waals surface area contributed by atoms with E-state index >= 15 is 0 Å². The molecule has 0 bridgehead atoms. The summed E-state index contributed by atoms with van der Waals surface area (Å²) in [4.78, 5) is 4.36. The zero-order valence-corrected chi connectivity index (χ0v) is 16.0. The smallest absolute Gasteiger partial charge is 0.416 e. The van der Waals surface area contributed by atoms with Gasteiger partial charge in [0.1, 0.15) is 11.9 Å². The Morgan fingerprint density at radius 1 is 1.23 bits per heavy atom. The van der Waals surface area contributed by atoms with Crippen LogP contribution in [0.1, 0.15) is 25.8 Å². The van der Waals surface area contributed by atoms with Crippen LogP contribution in [0.2, 0.25) is 0 Å². The van der Waals surface area contributed by atoms with Gasteiger partial charge in [-0.05, 0) is 62.5 Å². The molecular weight excluding hydrogens is 363 g/mol. The Labute approximate surface area is 158 Å². The van der Waals surface area contributed by atoms with Gasteiger partial charge in [-0.1, -0.05) is 13.8 Å². The number of hydrogen-bond donors (Lipinski definition) is 1. The van der Waals surface area contributed by atoms with Crippen LogP contribution in [0.5, 0.6) is 5.75 Å². The summed E-state index contributed by atoms with van der Waals surface area (Å²) >= 11 is 5.36. The monoisotopic (exact) mass is 389 g/mol. The lowest BCUT2D eigenvalue weighted by Gasteiger charge is -2.40. The second-order valence-electron chi connectivity index (χ2n) is 6.28. The number of nitrogens with one attached hydrogen (secondary N) is 1. The zero-order chi connectivity index (χ0) is 19.2. The van der Waals surface area contributed by atoms with Crippen LogP contribution >= 0.6 is 12.2 Å². The van der Waals surface area contributed by atoms with Gasteiger partial charge in [0.25, 0.3) is 0 Å². The van der Waals surface area contributed by atoms with Crippen molar-refractivity contribution in [2.24, 2.45) is 0 Å². The predicted octanol–water partition coefficient (Wildman–Crippen LogP) is 3.37. The highest BCUT2D eigenvalue weighted by Gasteiger charge is 2.32. The molecule has 0 amide bonds. The van der Waals surface area contributed by atoms with E-state index in [-0.39, 0.29) is 6.10 Å². The number of likely N-dealkylation sites (tertiary alicyclic amines) is 1. The van der Waals surface area contributed by atoms with Crippen molar-refractivity contribution in [3.63, 3.8) is 0 Å². The van der Waals surface area contributed by atoms with Crippen molar-refractivity contribution >= 4 is 17.3 Å². The summed E-state index contributed by atoms with van der Waals surface area (Å²) in [6, 6.07) is 4.78. The average molecular weight is 389 g/mol. The van der Waals surface area contributed by atoms with Gasteiger partial charge < -0.3 is 19.9 Å². The fourth-order valence-electron chi connectivity index (χ4n) is 2.74. The van der Waals surface area contributed by atoms with E-state index in [1.165, 1.54) is 12.1 Å². The van der Waals surface area contributed by atoms with E-state index in [0.717, 1.165) is 44.7 Å². The van der Waals surface area contributed by atoms with Crippen molar-refractivity contribution in [3.8, 4) is 5.75 Å². The summed E-state index contributed by atoms with van der Waals surface area (Å²) in [6.45, 7) is 9.56. The first kappa shape index (κ1) is 20.8. The normalized spacial score (nSPS) is 15.1. The molecule has 0 aromatic heterocycles. The maximum Gasteiger partial charge on any atom is 0.416 e. The molecule has 1 saturated heterocycles. The van der Waals surface area contributed by atoms with E-state index in [4.69, 9.17) is 17.0 Å². The van der Waals surface area contributed by atoms with Crippen molar-refractivity contribution in [1.29, 1.82) is 0 Å². The molecule has 1 aromatic carbocycles. The first-order valence-electron chi connectivity index (χ1n) is 8.92. The van der Waals surface area contributed by atoms with Crippen molar-refractivity contribution in [3.05, 3.63) is 29.8 Å². The van der Waals surface area contributed by atoms with Crippen LogP contribution in [0.4, 0.5) is 13.2 Å². The average Bonchev–Trinajstić information content (AvgIpc) is 2.57. The molecule has 0 spiro atoms. The molecule has 8 heteroatoms. The molecule has 0 saturated carbocycles. The largest absolute Gasteiger partial charge is 0.487 e. The van der Waals surface area contributed by atoms with Crippen LogP contribution in [-0.4, -0.2) is 60.3 Å². The highest BCUT2D eigenvalue weighted by atomic mass is 32.1. The van der Waals surface area contributed by atoms with Gasteiger partial charge in [0.05, 0.1) is 18.7 Å². The molecule has 146 valence electrons. The van der Waals surface area contributed by atoms with Crippen LogP contribution < -0.4 is 10.1 Å². The van der Waals surface area contributed by atoms with E-state index in [0.29, 0.717) is 24.0 Å². The summed E-state index contributed by atoms with van der Waals surface area (Å²) in [5.74, 6) is 0.445. The Morgan fingerprint density at radius 3 is 2.38 bits per heavy atom. The number of rotatable bonds is 8. The third-order valence-electron chi connectivity index (χ3n) is 4.44. The molecule has 1 aromatic rings. The first-order valence-corrected chi connectivity index (χ1v) is 9.33. The van der Waals surface area contributed by atoms with Gasteiger partial charge in [0.2, 0.25) is 0 Å². The maximum atomic E-state index is 12.5. The molecule has 26 heavy (non-hydrogen) atoms. The Morgan fingerprint density at radius 2 is 1.85 bits per heavy atom. The zero-order valence-electron chi connectivity index (χ0n) is 15.2. The van der Waals surface area contributed by atoms with Gasteiger partial charge >= 0.3 is 6.18 Å². The van der Waals surface area contributed by atoms with Gasteiger partial charge in [-0.25, -0.2) is 0 Å². The summed E-state index contributed by atoms with van der Waals surface area (Å²) in [6.07, 6.45) is -3.35. The number of nitrogens with zero attached hydrogens (tertiary/aromatic N) is 2. The van der Waals surface area contributed by atoms with Crippen LogP contribution in [-0.2, 0) is 6.18 Å². The van der Waals surface area contributed by atoms with Gasteiger partial charge in [0.15, 0.2) is 5.11 Å². The van der Waals surface area contributed by atoms with Crippen LogP contribution in [0, 0.1) is 0 Å². The summed E-state index contributed by atoms with van der Waals surface area (Å²) < 4.78 is 43.3. The molecule has 0 aliphatic carbocycles. The fourth-order valence-corrected chi connectivity index (χ4v) is 2.99. The molecule has 2 rings (SSSR count). The van der Waals surface area contributed by atoms with E-state index in [1.807, 2.05) is 4.90 Å². The van der Waals surface area contributed by atoms with Crippen molar-refractivity contribution in [2.75, 3.05) is 39.3 Å².